The SMILES string of the molecule is O=[N+]([O-])c1ccc(N/N=C\c2cccc(Br)c2)c(S(=O)(=O)N2CCOCC2)c1. The van der Waals surface area contributed by atoms with Crippen molar-refractivity contribution in [3.8, 4) is 0 Å². The number of hydrazone groups is 1. The first-order valence-corrected chi connectivity index (χ1v) is 10.5. The average Bonchev–Trinajstić information content (AvgIpc) is 2.68. The van der Waals surface area contributed by atoms with Crippen LogP contribution in [0.2, 0.25) is 0 Å². The van der Waals surface area contributed by atoms with Crippen molar-refractivity contribution < 1.29 is 18.1 Å². The van der Waals surface area contributed by atoms with Crippen LogP contribution in [0.5, 0.6) is 0 Å². The maximum atomic E-state index is 13.0. The van der Waals surface area contributed by atoms with Gasteiger partial charge in [0.2, 0.25) is 10.0 Å². The molecule has 148 valence electrons. The third-order valence-electron chi connectivity index (χ3n) is 4.01. The van der Waals surface area contributed by atoms with Crippen LogP contribution < -0.4 is 5.43 Å². The molecular weight excluding hydrogens is 452 g/mol. The van der Waals surface area contributed by atoms with Crippen LogP contribution in [-0.2, 0) is 14.8 Å². The second-order valence-corrected chi connectivity index (χ2v) is 8.70. The zero-order chi connectivity index (χ0) is 20.1. The molecule has 2 aromatic carbocycles. The molecule has 0 spiro atoms. The lowest BCUT2D eigenvalue weighted by molar-refractivity contribution is -0.385. The minimum atomic E-state index is -3.95. The van der Waals surface area contributed by atoms with Gasteiger partial charge in [-0.15, -0.1) is 0 Å². The summed E-state index contributed by atoms with van der Waals surface area (Å²) in [6.07, 6.45) is 1.53. The molecule has 1 heterocycles. The zero-order valence-electron chi connectivity index (χ0n) is 14.6. The first-order chi connectivity index (χ1) is 13.4. The molecule has 9 nitrogen and oxygen atoms in total. The Morgan fingerprint density at radius 1 is 1.21 bits per heavy atom. The number of hydrogen-bond acceptors (Lipinski definition) is 7. The van der Waals surface area contributed by atoms with E-state index in [2.05, 4.69) is 26.5 Å². The van der Waals surface area contributed by atoms with Crippen LogP contribution in [0.25, 0.3) is 0 Å². The summed E-state index contributed by atoms with van der Waals surface area (Å²) in [4.78, 5) is 10.3. The van der Waals surface area contributed by atoms with E-state index in [1.165, 1.54) is 22.7 Å². The highest BCUT2D eigenvalue weighted by Crippen LogP contribution is 2.29. The number of anilines is 1. The van der Waals surface area contributed by atoms with Gasteiger partial charge in [0.15, 0.2) is 0 Å². The number of halogens is 1. The molecule has 1 N–H and O–H groups in total. The minimum Gasteiger partial charge on any atom is -0.379 e. The van der Waals surface area contributed by atoms with E-state index in [-0.39, 0.29) is 42.6 Å². The Hall–Kier alpha value is -2.34. The Morgan fingerprint density at radius 3 is 2.64 bits per heavy atom. The van der Waals surface area contributed by atoms with Gasteiger partial charge in [-0.3, -0.25) is 15.5 Å². The third kappa shape index (κ3) is 4.73. The number of hydrogen-bond donors (Lipinski definition) is 1. The van der Waals surface area contributed by atoms with Gasteiger partial charge in [0, 0.05) is 29.7 Å². The minimum absolute atomic E-state index is 0.156. The van der Waals surface area contributed by atoms with Crippen LogP contribution in [0.3, 0.4) is 0 Å². The van der Waals surface area contributed by atoms with Crippen molar-refractivity contribution in [3.05, 3.63) is 62.6 Å². The topological polar surface area (TPSA) is 114 Å². The number of nitrogens with one attached hydrogen (secondary N) is 1. The zero-order valence-corrected chi connectivity index (χ0v) is 17.0. The quantitative estimate of drug-likeness (QED) is 0.396. The summed E-state index contributed by atoms with van der Waals surface area (Å²) in [5, 5.41) is 15.2. The van der Waals surface area contributed by atoms with Gasteiger partial charge in [-0.25, -0.2) is 8.42 Å². The highest BCUT2D eigenvalue weighted by atomic mass is 79.9. The number of non-ortho nitro benzene ring substituents is 1. The Balaban J connectivity index is 1.93. The van der Waals surface area contributed by atoms with Gasteiger partial charge >= 0.3 is 0 Å². The molecule has 0 amide bonds. The van der Waals surface area contributed by atoms with Crippen LogP contribution >= 0.6 is 15.9 Å². The fourth-order valence-corrected chi connectivity index (χ4v) is 4.61. The van der Waals surface area contributed by atoms with Gasteiger partial charge < -0.3 is 4.74 Å². The van der Waals surface area contributed by atoms with E-state index in [9.17, 15) is 18.5 Å². The van der Waals surface area contributed by atoms with E-state index in [1.807, 2.05) is 24.3 Å². The van der Waals surface area contributed by atoms with E-state index in [4.69, 9.17) is 4.74 Å². The molecular formula is C17H17BrN4O5S. The van der Waals surface area contributed by atoms with Crippen LogP contribution in [0, 0.1) is 10.1 Å². The Kier molecular flexibility index (Phi) is 6.39. The molecule has 0 aromatic heterocycles. The summed E-state index contributed by atoms with van der Waals surface area (Å²) in [5.41, 5.74) is 3.32. The smallest absolute Gasteiger partial charge is 0.270 e. The highest BCUT2D eigenvalue weighted by Gasteiger charge is 2.30. The fourth-order valence-electron chi connectivity index (χ4n) is 2.62. The molecule has 1 fully saturated rings. The van der Waals surface area contributed by atoms with Gasteiger partial charge in [0.25, 0.3) is 5.69 Å². The average molecular weight is 469 g/mol. The Bertz CT molecular complexity index is 1010. The molecule has 0 aliphatic carbocycles. The van der Waals surface area contributed by atoms with Crippen LogP contribution in [-0.4, -0.2) is 50.2 Å². The normalized spacial score (nSPS) is 15.6. The molecule has 1 aliphatic rings. The summed E-state index contributed by atoms with van der Waals surface area (Å²) in [6.45, 7) is 0.924. The van der Waals surface area contributed by atoms with E-state index in [0.717, 1.165) is 16.1 Å². The van der Waals surface area contributed by atoms with Crippen LogP contribution in [0.1, 0.15) is 5.56 Å². The summed E-state index contributed by atoms with van der Waals surface area (Å²) < 4.78 is 33.3. The lowest BCUT2D eigenvalue weighted by Gasteiger charge is -2.26. The lowest BCUT2D eigenvalue weighted by Crippen LogP contribution is -2.40. The predicted octanol–water partition coefficient (Wildman–Crippen LogP) is 2.82. The first-order valence-electron chi connectivity index (χ1n) is 8.29. The molecule has 2 aromatic rings. The number of morpholine rings is 1. The molecule has 1 aliphatic heterocycles. The van der Waals surface area contributed by atoms with Crippen molar-refractivity contribution in [2.24, 2.45) is 5.10 Å². The number of nitrogens with zero attached hydrogens (tertiary/aromatic N) is 3. The first kappa shape index (κ1) is 20.4. The summed E-state index contributed by atoms with van der Waals surface area (Å²) >= 11 is 3.36. The van der Waals surface area contributed by atoms with E-state index in [1.54, 1.807) is 0 Å². The molecule has 0 atom stereocenters. The molecule has 11 heteroatoms. The van der Waals surface area contributed by atoms with Crippen molar-refractivity contribution in [1.82, 2.24) is 4.31 Å². The molecule has 0 unspecified atom stereocenters. The number of ether oxygens (including phenoxy) is 1. The molecule has 0 radical (unpaired) electrons. The second kappa shape index (κ2) is 8.78. The Morgan fingerprint density at radius 2 is 1.96 bits per heavy atom. The van der Waals surface area contributed by atoms with E-state index >= 15 is 0 Å². The molecule has 1 saturated heterocycles. The van der Waals surface area contributed by atoms with Crippen LogP contribution in [0.15, 0.2) is 56.9 Å². The summed E-state index contributed by atoms with van der Waals surface area (Å²) in [7, 11) is -3.95. The largest absolute Gasteiger partial charge is 0.379 e. The number of rotatable bonds is 6. The van der Waals surface area contributed by atoms with Gasteiger partial charge in [-0.05, 0) is 23.8 Å². The number of sulfonamides is 1. The number of benzene rings is 2. The predicted molar refractivity (Wildman–Crippen MR) is 108 cm³/mol. The molecule has 28 heavy (non-hydrogen) atoms. The van der Waals surface area contributed by atoms with Crippen molar-refractivity contribution in [2.75, 3.05) is 31.7 Å². The number of nitro groups is 1. The second-order valence-electron chi connectivity index (χ2n) is 5.88. The number of nitro benzene ring substituents is 1. The fraction of sp³-hybridized carbons (Fsp3) is 0.235. The standard InChI is InChI=1S/C17H17BrN4O5S/c18-14-3-1-2-13(10-14)12-19-20-16-5-4-15(22(23)24)11-17(16)28(25,26)21-6-8-27-9-7-21/h1-5,10-12,20H,6-9H2/b19-12-. The van der Waals surface area contributed by atoms with Crippen molar-refractivity contribution in [3.63, 3.8) is 0 Å². The maximum absolute atomic E-state index is 13.0. The van der Waals surface area contributed by atoms with E-state index < -0.39 is 14.9 Å². The van der Waals surface area contributed by atoms with Gasteiger partial charge in [-0.1, -0.05) is 28.1 Å². The third-order valence-corrected chi connectivity index (χ3v) is 6.44. The van der Waals surface area contributed by atoms with Crippen molar-refractivity contribution in [1.29, 1.82) is 0 Å². The van der Waals surface area contributed by atoms with Crippen molar-refractivity contribution in [2.45, 2.75) is 4.90 Å². The highest BCUT2D eigenvalue weighted by molar-refractivity contribution is 9.10. The van der Waals surface area contributed by atoms with Crippen molar-refractivity contribution >= 4 is 43.5 Å². The van der Waals surface area contributed by atoms with Gasteiger partial charge in [0.1, 0.15) is 4.90 Å². The van der Waals surface area contributed by atoms with Gasteiger partial charge in [0.05, 0.1) is 30.0 Å². The monoisotopic (exact) mass is 468 g/mol. The summed E-state index contributed by atoms with van der Waals surface area (Å²) in [5.74, 6) is 0. The molecule has 3 rings (SSSR count). The van der Waals surface area contributed by atoms with Crippen LogP contribution in [0.4, 0.5) is 11.4 Å². The molecule has 0 saturated carbocycles. The van der Waals surface area contributed by atoms with Gasteiger partial charge in [-0.2, -0.15) is 9.41 Å². The maximum Gasteiger partial charge on any atom is 0.270 e. The summed E-state index contributed by atoms with van der Waals surface area (Å²) in [6, 6.07) is 11.0. The lowest BCUT2D eigenvalue weighted by atomic mass is 10.2. The Labute approximate surface area is 170 Å². The van der Waals surface area contributed by atoms with E-state index in [0.29, 0.717) is 0 Å². The molecule has 0 bridgehead atoms.